The Morgan fingerprint density at radius 2 is 2.37 bits per heavy atom. The van der Waals surface area contributed by atoms with E-state index >= 15 is 0 Å². The minimum absolute atomic E-state index is 0.109. The van der Waals surface area contributed by atoms with E-state index in [9.17, 15) is 9.18 Å². The lowest BCUT2D eigenvalue weighted by Crippen LogP contribution is -2.33. The lowest BCUT2D eigenvalue weighted by molar-refractivity contribution is 0.0764. The number of aromatic nitrogens is 1. The van der Waals surface area contributed by atoms with Gasteiger partial charge in [-0.05, 0) is 25.2 Å². The molecule has 0 spiro atoms. The minimum atomic E-state index is -0.550. The molecule has 1 amide bonds. The van der Waals surface area contributed by atoms with Crippen LogP contribution in [0.1, 0.15) is 23.7 Å². The molecule has 0 radical (unpaired) electrons. The highest BCUT2D eigenvalue weighted by Gasteiger charge is 2.22. The van der Waals surface area contributed by atoms with Gasteiger partial charge in [-0.3, -0.25) is 4.79 Å². The van der Waals surface area contributed by atoms with E-state index in [1.165, 1.54) is 12.3 Å². The lowest BCUT2D eigenvalue weighted by atomic mass is 10.2. The first kappa shape index (κ1) is 14.1. The average Bonchev–Trinajstić information content (AvgIpc) is 2.69. The number of thioether (sulfide) groups is 1. The van der Waals surface area contributed by atoms with Crippen molar-refractivity contribution in [2.75, 3.05) is 36.5 Å². The van der Waals surface area contributed by atoms with Gasteiger partial charge in [0.15, 0.2) is 11.6 Å². The van der Waals surface area contributed by atoms with E-state index in [0.29, 0.717) is 19.6 Å². The van der Waals surface area contributed by atoms with Crippen LogP contribution in [0.25, 0.3) is 0 Å². The fourth-order valence-corrected chi connectivity index (χ4v) is 2.91. The van der Waals surface area contributed by atoms with Crippen molar-refractivity contribution in [1.29, 1.82) is 0 Å². The Labute approximate surface area is 116 Å². The quantitative estimate of drug-likeness (QED) is 0.924. The van der Waals surface area contributed by atoms with Crippen molar-refractivity contribution in [3.8, 4) is 0 Å². The number of carbonyl (C=O) groups is 1. The Hall–Kier alpha value is -1.30. The second kappa shape index (κ2) is 6.75. The molecule has 2 rings (SSSR count). The first-order valence-corrected chi connectivity index (χ1v) is 7.65. The van der Waals surface area contributed by atoms with Crippen molar-refractivity contribution in [1.82, 2.24) is 9.88 Å². The van der Waals surface area contributed by atoms with E-state index < -0.39 is 5.82 Å². The van der Waals surface area contributed by atoms with Crippen molar-refractivity contribution in [2.45, 2.75) is 13.3 Å². The number of halogens is 1. The van der Waals surface area contributed by atoms with E-state index in [4.69, 9.17) is 0 Å². The normalized spacial score (nSPS) is 16.0. The van der Waals surface area contributed by atoms with Crippen LogP contribution in [0.2, 0.25) is 0 Å². The molecule has 104 valence electrons. The highest BCUT2D eigenvalue weighted by molar-refractivity contribution is 7.99. The smallest absolute Gasteiger partial charge is 0.257 e. The zero-order valence-corrected chi connectivity index (χ0v) is 11.8. The summed E-state index contributed by atoms with van der Waals surface area (Å²) in [6.07, 6.45) is 2.43. The Kier molecular flexibility index (Phi) is 5.01. The molecule has 0 bridgehead atoms. The molecule has 1 aromatic rings. The molecule has 4 nitrogen and oxygen atoms in total. The van der Waals surface area contributed by atoms with Crippen LogP contribution in [-0.2, 0) is 0 Å². The molecular formula is C13H18FN3OS. The Morgan fingerprint density at radius 1 is 1.53 bits per heavy atom. The van der Waals surface area contributed by atoms with Crippen LogP contribution in [0.3, 0.4) is 0 Å². The van der Waals surface area contributed by atoms with Gasteiger partial charge in [0.05, 0.1) is 5.56 Å². The summed E-state index contributed by atoms with van der Waals surface area (Å²) in [5, 5.41) is 2.83. The van der Waals surface area contributed by atoms with Gasteiger partial charge in [0.2, 0.25) is 0 Å². The maximum atomic E-state index is 14.2. The van der Waals surface area contributed by atoms with E-state index in [2.05, 4.69) is 10.3 Å². The van der Waals surface area contributed by atoms with Crippen LogP contribution < -0.4 is 5.32 Å². The number of anilines is 1. The van der Waals surface area contributed by atoms with Crippen LogP contribution in [0.15, 0.2) is 12.3 Å². The molecule has 1 N–H and O–H groups in total. The second-order valence-corrected chi connectivity index (χ2v) is 5.53. The maximum Gasteiger partial charge on any atom is 0.257 e. The monoisotopic (exact) mass is 283 g/mol. The van der Waals surface area contributed by atoms with E-state index in [-0.39, 0.29) is 17.3 Å². The van der Waals surface area contributed by atoms with Crippen LogP contribution in [0.5, 0.6) is 0 Å². The molecular weight excluding hydrogens is 265 g/mol. The molecule has 6 heteroatoms. The zero-order chi connectivity index (χ0) is 13.7. The molecule has 2 heterocycles. The zero-order valence-electron chi connectivity index (χ0n) is 11.0. The summed E-state index contributed by atoms with van der Waals surface area (Å²) in [5.41, 5.74) is 0.109. The van der Waals surface area contributed by atoms with Gasteiger partial charge in [-0.15, -0.1) is 0 Å². The van der Waals surface area contributed by atoms with Crippen LogP contribution in [0, 0.1) is 5.82 Å². The molecule has 1 aliphatic heterocycles. The summed E-state index contributed by atoms with van der Waals surface area (Å²) < 4.78 is 14.2. The summed E-state index contributed by atoms with van der Waals surface area (Å²) in [4.78, 5) is 18.0. The van der Waals surface area contributed by atoms with Crippen molar-refractivity contribution >= 4 is 23.5 Å². The van der Waals surface area contributed by atoms with Gasteiger partial charge in [-0.25, -0.2) is 9.37 Å². The standard InChI is InChI=1S/C13H18FN3OS/c1-2-15-12-11(14)10(4-5-16-12)13(18)17-6-3-8-19-9-7-17/h4-5H,2-3,6-9H2,1H3,(H,15,16). The van der Waals surface area contributed by atoms with Crippen molar-refractivity contribution in [3.05, 3.63) is 23.6 Å². The van der Waals surface area contributed by atoms with Gasteiger partial charge in [0, 0.05) is 31.6 Å². The van der Waals surface area contributed by atoms with Gasteiger partial charge in [-0.2, -0.15) is 11.8 Å². The van der Waals surface area contributed by atoms with Gasteiger partial charge < -0.3 is 10.2 Å². The van der Waals surface area contributed by atoms with Crippen LogP contribution >= 0.6 is 11.8 Å². The summed E-state index contributed by atoms with van der Waals surface area (Å²) in [7, 11) is 0. The molecule has 1 aromatic heterocycles. The summed E-state index contributed by atoms with van der Waals surface area (Å²) >= 11 is 1.84. The SMILES string of the molecule is CCNc1nccc(C(=O)N2CCCSCC2)c1F. The van der Waals surface area contributed by atoms with Gasteiger partial charge in [0.1, 0.15) is 0 Å². The molecule has 19 heavy (non-hydrogen) atoms. The van der Waals surface area contributed by atoms with Crippen molar-refractivity contribution in [3.63, 3.8) is 0 Å². The van der Waals surface area contributed by atoms with Crippen LogP contribution in [-0.4, -0.2) is 46.9 Å². The predicted octanol–water partition coefficient (Wildman–Crippen LogP) is 2.23. The van der Waals surface area contributed by atoms with Crippen LogP contribution in [0.4, 0.5) is 10.2 Å². The fourth-order valence-electron chi connectivity index (χ4n) is 2.02. The number of amides is 1. The number of hydrogen-bond acceptors (Lipinski definition) is 4. The molecule has 1 aliphatic rings. The first-order valence-electron chi connectivity index (χ1n) is 6.49. The summed E-state index contributed by atoms with van der Waals surface area (Å²) in [5.74, 6) is 1.34. The summed E-state index contributed by atoms with van der Waals surface area (Å²) in [6.45, 7) is 3.81. The Morgan fingerprint density at radius 3 is 3.16 bits per heavy atom. The molecule has 1 fully saturated rings. The number of rotatable bonds is 3. The highest BCUT2D eigenvalue weighted by Crippen LogP contribution is 2.18. The molecule has 0 unspecified atom stereocenters. The van der Waals surface area contributed by atoms with Gasteiger partial charge in [0.25, 0.3) is 5.91 Å². The minimum Gasteiger partial charge on any atom is -0.368 e. The predicted molar refractivity (Wildman–Crippen MR) is 76.2 cm³/mol. The number of nitrogens with one attached hydrogen (secondary N) is 1. The lowest BCUT2D eigenvalue weighted by Gasteiger charge is -2.20. The second-order valence-electron chi connectivity index (χ2n) is 4.31. The highest BCUT2D eigenvalue weighted by atomic mass is 32.2. The Balaban J connectivity index is 2.20. The number of hydrogen-bond donors (Lipinski definition) is 1. The van der Waals surface area contributed by atoms with Gasteiger partial charge >= 0.3 is 0 Å². The van der Waals surface area contributed by atoms with E-state index in [1.807, 2.05) is 18.7 Å². The average molecular weight is 283 g/mol. The fraction of sp³-hybridized carbons (Fsp3) is 0.538. The van der Waals surface area contributed by atoms with Crippen molar-refractivity contribution < 1.29 is 9.18 Å². The largest absolute Gasteiger partial charge is 0.368 e. The Bertz CT molecular complexity index is 448. The molecule has 0 saturated carbocycles. The van der Waals surface area contributed by atoms with E-state index in [1.54, 1.807) is 4.90 Å². The topological polar surface area (TPSA) is 45.2 Å². The van der Waals surface area contributed by atoms with Gasteiger partial charge in [-0.1, -0.05) is 0 Å². The third-order valence-electron chi connectivity index (χ3n) is 2.97. The number of nitrogens with zero attached hydrogens (tertiary/aromatic N) is 2. The third-order valence-corrected chi connectivity index (χ3v) is 4.02. The number of carbonyl (C=O) groups excluding carboxylic acids is 1. The van der Waals surface area contributed by atoms with Crippen molar-refractivity contribution in [2.24, 2.45) is 0 Å². The maximum absolute atomic E-state index is 14.2. The molecule has 0 aromatic carbocycles. The summed E-state index contributed by atoms with van der Waals surface area (Å²) in [6, 6.07) is 1.45. The molecule has 0 aliphatic carbocycles. The third kappa shape index (κ3) is 3.37. The molecule has 0 atom stereocenters. The first-order chi connectivity index (χ1) is 9.24. The van der Waals surface area contributed by atoms with E-state index in [0.717, 1.165) is 17.9 Å². The number of pyridine rings is 1. The molecule has 1 saturated heterocycles.